The van der Waals surface area contributed by atoms with E-state index in [0.717, 1.165) is 22.3 Å². The fourth-order valence-electron chi connectivity index (χ4n) is 2.71. The second-order valence-electron chi connectivity index (χ2n) is 5.74. The highest BCUT2D eigenvalue weighted by Gasteiger charge is 2.17. The first-order valence-electron chi connectivity index (χ1n) is 7.90. The van der Waals surface area contributed by atoms with Gasteiger partial charge in [0.25, 0.3) is 5.91 Å². The van der Waals surface area contributed by atoms with E-state index in [1.54, 1.807) is 24.4 Å². The molecule has 128 valence electrons. The van der Waals surface area contributed by atoms with Crippen LogP contribution in [0.2, 0.25) is 5.02 Å². The summed E-state index contributed by atoms with van der Waals surface area (Å²) in [5, 5.41) is 2.98. The fraction of sp³-hybridized carbons (Fsp3) is 0.0556. The quantitative estimate of drug-likeness (QED) is 0.719. The lowest BCUT2D eigenvalue weighted by atomic mass is 9.87. The number of halogens is 1. The van der Waals surface area contributed by atoms with Crippen LogP contribution in [-0.2, 0) is 0 Å². The predicted molar refractivity (Wildman–Crippen MR) is 101 cm³/mol. The van der Waals surface area contributed by atoms with Crippen LogP contribution in [0.15, 0.2) is 48.8 Å². The van der Waals surface area contributed by atoms with Gasteiger partial charge in [0.15, 0.2) is 11.5 Å². The monoisotopic (exact) mass is 365 g/mol. The average molecular weight is 366 g/mol. The molecule has 0 radical (unpaired) electrons. The highest BCUT2D eigenvalue weighted by molar-refractivity contribution is 6.36. The summed E-state index contributed by atoms with van der Waals surface area (Å²) < 4.78 is 10.8. The lowest BCUT2D eigenvalue weighted by molar-refractivity contribution is 0.102. The van der Waals surface area contributed by atoms with Crippen LogP contribution in [-0.4, -0.2) is 30.5 Å². The third-order valence-electron chi connectivity index (χ3n) is 4.01. The molecule has 1 aromatic carbocycles. The third kappa shape index (κ3) is 3.09. The number of hydrogen-bond donors (Lipinski definition) is 1. The summed E-state index contributed by atoms with van der Waals surface area (Å²) in [5.41, 5.74) is 3.11. The minimum Gasteiger partial charge on any atom is -0.454 e. The van der Waals surface area contributed by atoms with Gasteiger partial charge in [-0.1, -0.05) is 17.1 Å². The molecule has 0 spiro atoms. The summed E-state index contributed by atoms with van der Waals surface area (Å²) in [5.74, 6) is 1.47. The molecule has 1 aliphatic heterocycles. The van der Waals surface area contributed by atoms with Gasteiger partial charge in [-0.2, -0.15) is 0 Å². The Morgan fingerprint density at radius 2 is 1.96 bits per heavy atom. The maximum Gasteiger partial charge on any atom is 0.276 e. The number of ether oxygens (including phenoxy) is 2. The molecule has 1 N–H and O–H groups in total. The molecule has 0 saturated carbocycles. The first-order valence-corrected chi connectivity index (χ1v) is 8.28. The van der Waals surface area contributed by atoms with Crippen molar-refractivity contribution in [2.24, 2.45) is 0 Å². The van der Waals surface area contributed by atoms with Crippen LogP contribution in [0.4, 0.5) is 5.82 Å². The Labute approximate surface area is 155 Å². The summed E-state index contributed by atoms with van der Waals surface area (Å²) >= 11 is 5.99. The van der Waals surface area contributed by atoms with Crippen LogP contribution in [0.25, 0.3) is 11.1 Å². The van der Waals surface area contributed by atoms with Gasteiger partial charge in [0, 0.05) is 12.4 Å². The van der Waals surface area contributed by atoms with Gasteiger partial charge in [0.2, 0.25) is 6.79 Å². The van der Waals surface area contributed by atoms with Gasteiger partial charge < -0.3 is 14.8 Å². The van der Waals surface area contributed by atoms with E-state index < -0.39 is 5.91 Å². The number of nitrogens with zero attached hydrogens (tertiary/aromatic N) is 2. The first kappa shape index (κ1) is 16.4. The maximum atomic E-state index is 12.2. The summed E-state index contributed by atoms with van der Waals surface area (Å²) in [6, 6.07) is 10.8. The zero-order chi connectivity index (χ0) is 18.1. The van der Waals surface area contributed by atoms with Crippen molar-refractivity contribution in [1.82, 2.24) is 9.97 Å². The molecule has 1 aliphatic rings. The number of fused-ring (bicyclic) bond motifs is 1. The van der Waals surface area contributed by atoms with Crippen molar-refractivity contribution in [2.75, 3.05) is 12.1 Å². The van der Waals surface area contributed by atoms with Crippen molar-refractivity contribution in [1.29, 1.82) is 0 Å². The van der Waals surface area contributed by atoms with Gasteiger partial charge in [-0.25, -0.2) is 9.97 Å². The fourth-order valence-corrected chi connectivity index (χ4v) is 2.92. The average Bonchev–Trinajstić information content (AvgIpc) is 3.09. The summed E-state index contributed by atoms with van der Waals surface area (Å²) in [7, 11) is 2.00. The smallest absolute Gasteiger partial charge is 0.276 e. The van der Waals surface area contributed by atoms with Crippen LogP contribution >= 0.6 is 11.6 Å². The van der Waals surface area contributed by atoms with Crippen molar-refractivity contribution in [3.63, 3.8) is 0 Å². The van der Waals surface area contributed by atoms with E-state index in [9.17, 15) is 4.79 Å². The molecule has 8 heteroatoms. The number of pyridine rings is 2. The van der Waals surface area contributed by atoms with Gasteiger partial charge in [-0.15, -0.1) is 0 Å². The van der Waals surface area contributed by atoms with Crippen molar-refractivity contribution < 1.29 is 14.3 Å². The number of rotatable bonds is 3. The number of nitrogens with one attached hydrogen (secondary N) is 1. The Balaban J connectivity index is 1.56. The van der Waals surface area contributed by atoms with Crippen molar-refractivity contribution in [3.8, 4) is 22.6 Å². The van der Waals surface area contributed by atoms with Crippen LogP contribution in [0.5, 0.6) is 11.5 Å². The number of carbonyl (C=O) groups is 1. The molecular weight excluding hydrogens is 352 g/mol. The molecule has 2 aromatic heterocycles. The Morgan fingerprint density at radius 3 is 2.69 bits per heavy atom. The van der Waals surface area contributed by atoms with Gasteiger partial charge in [-0.3, -0.25) is 4.79 Å². The van der Waals surface area contributed by atoms with E-state index in [1.807, 2.05) is 26.0 Å². The SMILES string of the molecule is Bc1cc2c(cc1-c1ccc(NC(=O)c3ncccc3Cl)nc1)OCO2. The molecule has 0 saturated heterocycles. The van der Waals surface area contributed by atoms with Crippen LogP contribution in [0.3, 0.4) is 0 Å². The molecule has 1 amide bonds. The lowest BCUT2D eigenvalue weighted by Gasteiger charge is -2.09. The maximum absolute atomic E-state index is 12.2. The minimum absolute atomic E-state index is 0.159. The van der Waals surface area contributed by atoms with E-state index in [0.29, 0.717) is 11.6 Å². The summed E-state index contributed by atoms with van der Waals surface area (Å²) in [6.07, 6.45) is 3.21. The molecule has 0 unspecified atom stereocenters. The number of hydrogen-bond acceptors (Lipinski definition) is 5. The number of aromatic nitrogens is 2. The van der Waals surface area contributed by atoms with Gasteiger partial charge in [-0.05, 0) is 47.5 Å². The second-order valence-corrected chi connectivity index (χ2v) is 6.15. The molecule has 0 bridgehead atoms. The molecule has 0 atom stereocenters. The standard InChI is InChI=1S/C18H13BClN3O3/c19-12-7-15-14(25-9-26-15)6-11(12)10-3-4-16(22-8-10)23-18(24)17-13(20)2-1-5-21-17/h1-8H,9,19H2,(H,22,23,24). The van der Waals surface area contributed by atoms with Crippen LogP contribution in [0.1, 0.15) is 10.5 Å². The minimum atomic E-state index is -0.407. The summed E-state index contributed by atoms with van der Waals surface area (Å²) in [4.78, 5) is 20.5. The Bertz CT molecular complexity index is 995. The number of benzene rings is 1. The molecule has 0 aliphatic carbocycles. The van der Waals surface area contributed by atoms with Gasteiger partial charge in [0.1, 0.15) is 19.4 Å². The van der Waals surface area contributed by atoms with Crippen molar-refractivity contribution in [2.45, 2.75) is 0 Å². The molecule has 0 fully saturated rings. The normalized spacial score (nSPS) is 12.0. The van der Waals surface area contributed by atoms with E-state index in [1.165, 1.54) is 6.20 Å². The van der Waals surface area contributed by atoms with Gasteiger partial charge in [0.05, 0.1) is 5.02 Å². The Hall–Kier alpha value is -3.06. The lowest BCUT2D eigenvalue weighted by Crippen LogP contribution is -2.15. The Kier molecular flexibility index (Phi) is 4.22. The van der Waals surface area contributed by atoms with Crippen molar-refractivity contribution >= 4 is 36.6 Å². The molecule has 3 heterocycles. The highest BCUT2D eigenvalue weighted by Crippen LogP contribution is 2.34. The molecule has 4 rings (SSSR count). The summed E-state index contributed by atoms with van der Waals surface area (Å²) in [6.45, 7) is 0.234. The number of carbonyl (C=O) groups excluding carboxylic acids is 1. The molecular formula is C18H13BClN3O3. The highest BCUT2D eigenvalue weighted by atomic mass is 35.5. The molecule has 3 aromatic rings. The zero-order valence-corrected chi connectivity index (χ0v) is 14.6. The largest absolute Gasteiger partial charge is 0.454 e. The van der Waals surface area contributed by atoms with Crippen molar-refractivity contribution in [3.05, 3.63) is 59.5 Å². The number of anilines is 1. The van der Waals surface area contributed by atoms with E-state index in [2.05, 4.69) is 15.3 Å². The van der Waals surface area contributed by atoms with Crippen LogP contribution < -0.4 is 20.3 Å². The first-order chi connectivity index (χ1) is 12.6. The van der Waals surface area contributed by atoms with E-state index in [4.69, 9.17) is 21.1 Å². The van der Waals surface area contributed by atoms with Gasteiger partial charge >= 0.3 is 0 Å². The topological polar surface area (TPSA) is 73.3 Å². The molecule has 26 heavy (non-hydrogen) atoms. The van der Waals surface area contributed by atoms with E-state index in [-0.39, 0.29) is 17.5 Å². The zero-order valence-electron chi connectivity index (χ0n) is 13.8. The third-order valence-corrected chi connectivity index (χ3v) is 4.31. The predicted octanol–water partition coefficient (Wildman–Crippen LogP) is 2.04. The molecule has 6 nitrogen and oxygen atoms in total. The number of amides is 1. The Morgan fingerprint density at radius 1 is 1.15 bits per heavy atom. The second kappa shape index (κ2) is 6.69. The van der Waals surface area contributed by atoms with E-state index >= 15 is 0 Å². The van der Waals surface area contributed by atoms with Crippen LogP contribution in [0, 0.1) is 0 Å².